The molecule has 1 N–H and O–H groups in total. The summed E-state index contributed by atoms with van der Waals surface area (Å²) in [6.45, 7) is 5.19. The molecule has 8 heteroatoms. The van der Waals surface area contributed by atoms with E-state index in [0.29, 0.717) is 37.7 Å². The molecule has 6 nitrogen and oxygen atoms in total. The van der Waals surface area contributed by atoms with Crippen LogP contribution in [0.3, 0.4) is 0 Å². The molecule has 0 unspecified atom stereocenters. The predicted molar refractivity (Wildman–Crippen MR) is 121 cm³/mol. The van der Waals surface area contributed by atoms with E-state index in [1.807, 2.05) is 11.8 Å². The first kappa shape index (κ1) is 23.1. The smallest absolute Gasteiger partial charge is 0.272 e. The number of nitrogens with zero attached hydrogens (tertiary/aromatic N) is 4. The molecule has 1 aromatic heterocycles. The third kappa shape index (κ3) is 5.27. The number of likely N-dealkylation sites (tertiary alicyclic amines) is 2. The maximum atomic E-state index is 13.7. The van der Waals surface area contributed by atoms with Gasteiger partial charge in [-0.25, -0.2) is 14.4 Å². The minimum absolute atomic E-state index is 0.0452. The summed E-state index contributed by atoms with van der Waals surface area (Å²) in [6, 6.07) is 5.29. The zero-order chi connectivity index (χ0) is 22.7. The molecule has 32 heavy (non-hydrogen) atoms. The number of aromatic nitrogens is 2. The fourth-order valence-electron chi connectivity index (χ4n) is 4.75. The van der Waals surface area contributed by atoms with Crippen molar-refractivity contribution in [1.29, 1.82) is 0 Å². The molecule has 172 valence electrons. The number of hydrogen-bond donors (Lipinski definition) is 1. The van der Waals surface area contributed by atoms with Crippen LogP contribution in [0.5, 0.6) is 0 Å². The highest BCUT2D eigenvalue weighted by Gasteiger charge is 2.30. The second-order valence-electron chi connectivity index (χ2n) is 8.83. The maximum absolute atomic E-state index is 13.7. The van der Waals surface area contributed by atoms with Crippen LogP contribution in [0.15, 0.2) is 24.5 Å². The van der Waals surface area contributed by atoms with Gasteiger partial charge in [0.15, 0.2) is 0 Å². The van der Waals surface area contributed by atoms with Crippen molar-refractivity contribution in [2.75, 3.05) is 26.2 Å². The maximum Gasteiger partial charge on any atom is 0.272 e. The number of aryl methyl sites for hydroxylation is 2. The average molecular weight is 461 g/mol. The number of rotatable bonds is 5. The fraction of sp³-hybridized carbons (Fsp3) is 0.542. The van der Waals surface area contributed by atoms with Crippen LogP contribution in [-0.4, -0.2) is 69.1 Å². The number of hydrogen-bond acceptors (Lipinski definition) is 5. The van der Waals surface area contributed by atoms with Crippen LogP contribution in [0, 0.1) is 12.7 Å². The molecular formula is C24H30ClFN4O2. The molecule has 2 aromatic rings. The molecule has 0 atom stereocenters. The number of carbonyl (C=O) groups excluding carboxylic acids is 1. The van der Waals surface area contributed by atoms with E-state index < -0.39 is 5.82 Å². The summed E-state index contributed by atoms with van der Waals surface area (Å²) in [5.41, 5.74) is 2.89. The van der Waals surface area contributed by atoms with E-state index >= 15 is 0 Å². The molecule has 0 spiro atoms. The van der Waals surface area contributed by atoms with Gasteiger partial charge in [-0.1, -0.05) is 17.7 Å². The summed E-state index contributed by atoms with van der Waals surface area (Å²) >= 11 is 5.76. The van der Waals surface area contributed by atoms with Gasteiger partial charge in [-0.05, 0) is 63.1 Å². The van der Waals surface area contributed by atoms with Crippen molar-refractivity contribution in [2.45, 2.75) is 57.6 Å². The van der Waals surface area contributed by atoms with E-state index in [0.717, 1.165) is 55.6 Å². The molecule has 2 aliphatic rings. The molecule has 0 aliphatic carbocycles. The third-order valence-electron chi connectivity index (χ3n) is 6.79. The Morgan fingerprint density at radius 3 is 2.53 bits per heavy atom. The fourth-order valence-corrected chi connectivity index (χ4v) is 4.86. The van der Waals surface area contributed by atoms with Crippen molar-refractivity contribution in [3.8, 4) is 0 Å². The first-order chi connectivity index (χ1) is 15.4. The summed E-state index contributed by atoms with van der Waals surface area (Å²) in [4.78, 5) is 26.2. The summed E-state index contributed by atoms with van der Waals surface area (Å²) in [5.74, 6) is -0.472. The van der Waals surface area contributed by atoms with Crippen molar-refractivity contribution >= 4 is 17.5 Å². The standard InChI is InChI=1S/C24H30ClFN4O2/c1-16-22(5-3-17-2-4-20(25)21(26)14-17)27-15-28-23(16)24(32)30-10-6-18(7-11-30)29-12-8-19(31)9-13-29/h2,4,14-15,18-19,31H,3,5-13H2,1H3. The highest BCUT2D eigenvalue weighted by molar-refractivity contribution is 6.30. The number of aliphatic hydroxyl groups is 1. The number of benzene rings is 1. The Hall–Kier alpha value is -2.09. The van der Waals surface area contributed by atoms with Gasteiger partial charge in [-0.2, -0.15) is 0 Å². The monoisotopic (exact) mass is 460 g/mol. The minimum Gasteiger partial charge on any atom is -0.393 e. The topological polar surface area (TPSA) is 69.6 Å². The SMILES string of the molecule is Cc1c(CCc2ccc(Cl)c(F)c2)ncnc1C(=O)N1CCC(N2CCC(O)CC2)CC1. The largest absolute Gasteiger partial charge is 0.393 e. The number of carbonyl (C=O) groups is 1. The van der Waals surface area contributed by atoms with Crippen molar-refractivity contribution in [3.63, 3.8) is 0 Å². The molecule has 0 saturated carbocycles. The normalized spacial score (nSPS) is 18.8. The van der Waals surface area contributed by atoms with Crippen LogP contribution < -0.4 is 0 Å². The zero-order valence-electron chi connectivity index (χ0n) is 18.4. The van der Waals surface area contributed by atoms with Crippen LogP contribution in [0.2, 0.25) is 5.02 Å². The molecule has 3 heterocycles. The van der Waals surface area contributed by atoms with E-state index in [-0.39, 0.29) is 17.0 Å². The lowest BCUT2D eigenvalue weighted by atomic mass is 9.98. The second-order valence-corrected chi connectivity index (χ2v) is 9.24. The summed E-state index contributed by atoms with van der Waals surface area (Å²) in [6.07, 6.45) is 6.05. The predicted octanol–water partition coefficient (Wildman–Crippen LogP) is 3.42. The Bertz CT molecular complexity index is 957. The number of halogens is 2. The summed E-state index contributed by atoms with van der Waals surface area (Å²) < 4.78 is 13.7. The number of aliphatic hydroxyl groups excluding tert-OH is 1. The van der Waals surface area contributed by atoms with Crippen molar-refractivity contribution in [3.05, 3.63) is 57.9 Å². The quantitative estimate of drug-likeness (QED) is 0.740. The van der Waals surface area contributed by atoms with Gasteiger partial charge in [0.25, 0.3) is 5.91 Å². The highest BCUT2D eigenvalue weighted by Crippen LogP contribution is 2.23. The van der Waals surface area contributed by atoms with Gasteiger partial charge in [0.1, 0.15) is 17.8 Å². The van der Waals surface area contributed by atoms with E-state index in [1.54, 1.807) is 12.1 Å². The lowest BCUT2D eigenvalue weighted by Gasteiger charge is -2.41. The second kappa shape index (κ2) is 10.2. The molecule has 0 radical (unpaired) electrons. The molecule has 4 rings (SSSR count). The van der Waals surface area contributed by atoms with Crippen LogP contribution in [-0.2, 0) is 12.8 Å². The van der Waals surface area contributed by atoms with Gasteiger partial charge in [-0.3, -0.25) is 4.79 Å². The summed E-state index contributed by atoms with van der Waals surface area (Å²) in [7, 11) is 0. The van der Waals surface area contributed by atoms with E-state index in [1.165, 1.54) is 12.4 Å². The van der Waals surface area contributed by atoms with Crippen LogP contribution in [0.4, 0.5) is 4.39 Å². The number of amides is 1. The van der Waals surface area contributed by atoms with Gasteiger partial charge in [0.2, 0.25) is 0 Å². The van der Waals surface area contributed by atoms with Gasteiger partial charge < -0.3 is 14.9 Å². The molecule has 2 saturated heterocycles. The zero-order valence-corrected chi connectivity index (χ0v) is 19.2. The van der Waals surface area contributed by atoms with Crippen molar-refractivity contribution in [1.82, 2.24) is 19.8 Å². The Balaban J connectivity index is 1.36. The Labute approximate surface area is 193 Å². The molecule has 1 aromatic carbocycles. The Kier molecular flexibility index (Phi) is 7.38. The molecular weight excluding hydrogens is 431 g/mol. The highest BCUT2D eigenvalue weighted by atomic mass is 35.5. The van der Waals surface area contributed by atoms with Crippen LogP contribution >= 0.6 is 11.6 Å². The minimum atomic E-state index is -0.427. The lowest BCUT2D eigenvalue weighted by molar-refractivity contribution is 0.0355. The van der Waals surface area contributed by atoms with Gasteiger partial charge >= 0.3 is 0 Å². The number of piperidine rings is 2. The van der Waals surface area contributed by atoms with E-state index in [9.17, 15) is 14.3 Å². The lowest BCUT2D eigenvalue weighted by Crippen LogP contribution is -2.49. The van der Waals surface area contributed by atoms with Gasteiger partial charge in [0.05, 0.1) is 11.1 Å². The Morgan fingerprint density at radius 2 is 1.84 bits per heavy atom. The molecule has 2 aliphatic heterocycles. The van der Waals surface area contributed by atoms with Crippen LogP contribution in [0.1, 0.15) is 53.0 Å². The first-order valence-corrected chi connectivity index (χ1v) is 11.8. The van der Waals surface area contributed by atoms with Crippen molar-refractivity contribution < 1.29 is 14.3 Å². The molecule has 1 amide bonds. The van der Waals surface area contributed by atoms with Crippen LogP contribution in [0.25, 0.3) is 0 Å². The molecule has 0 bridgehead atoms. The van der Waals surface area contributed by atoms with Gasteiger partial charge in [0, 0.05) is 43.5 Å². The van der Waals surface area contributed by atoms with E-state index in [2.05, 4.69) is 14.9 Å². The van der Waals surface area contributed by atoms with E-state index in [4.69, 9.17) is 11.6 Å². The van der Waals surface area contributed by atoms with Crippen molar-refractivity contribution in [2.24, 2.45) is 0 Å². The van der Waals surface area contributed by atoms with Gasteiger partial charge in [-0.15, -0.1) is 0 Å². The first-order valence-electron chi connectivity index (χ1n) is 11.4. The summed E-state index contributed by atoms with van der Waals surface area (Å²) in [5, 5.41) is 9.84. The molecule has 2 fully saturated rings. The average Bonchev–Trinajstić information content (AvgIpc) is 2.81. The third-order valence-corrected chi connectivity index (χ3v) is 7.10. The Morgan fingerprint density at radius 1 is 1.12 bits per heavy atom.